The van der Waals surface area contributed by atoms with Crippen LogP contribution in [0.2, 0.25) is 5.02 Å². The molecule has 0 aliphatic heterocycles. The number of carbonyl (C=O) groups is 1. The van der Waals surface area contributed by atoms with E-state index in [2.05, 4.69) is 5.32 Å². The Labute approximate surface area is 131 Å². The van der Waals surface area contributed by atoms with E-state index < -0.39 is 52.9 Å². The van der Waals surface area contributed by atoms with Crippen LogP contribution in [0, 0.1) is 11.6 Å². The Bertz CT molecular complexity index is 709. The number of rotatable bonds is 5. The SMILES string of the molecule is CS(=O)CCNC(=O)c1cc(F)c(F)c(S(=O)(=O)Cl)c1Cl. The van der Waals surface area contributed by atoms with Gasteiger partial charge in [0, 0.05) is 40.0 Å². The second-order valence-electron chi connectivity index (χ2n) is 3.83. The molecule has 1 amide bonds. The first-order valence-electron chi connectivity index (χ1n) is 5.26. The van der Waals surface area contributed by atoms with Gasteiger partial charge in [-0.15, -0.1) is 0 Å². The molecule has 118 valence electrons. The highest BCUT2D eigenvalue weighted by atomic mass is 35.7. The van der Waals surface area contributed by atoms with Crippen LogP contribution in [0.5, 0.6) is 0 Å². The Balaban J connectivity index is 3.24. The minimum absolute atomic E-state index is 0.0137. The van der Waals surface area contributed by atoms with Crippen LogP contribution in [0.25, 0.3) is 0 Å². The van der Waals surface area contributed by atoms with Gasteiger partial charge in [0.1, 0.15) is 4.90 Å². The first-order valence-corrected chi connectivity index (χ1v) is 9.67. The Morgan fingerprint density at radius 3 is 2.48 bits per heavy atom. The second-order valence-corrected chi connectivity index (χ2v) is 8.27. The van der Waals surface area contributed by atoms with Gasteiger partial charge in [0.25, 0.3) is 15.0 Å². The summed E-state index contributed by atoms with van der Waals surface area (Å²) in [7, 11) is -0.876. The first kappa shape index (κ1) is 18.3. The van der Waals surface area contributed by atoms with E-state index >= 15 is 0 Å². The molecule has 1 N–H and O–H groups in total. The van der Waals surface area contributed by atoms with Crippen molar-refractivity contribution in [2.75, 3.05) is 18.6 Å². The number of carbonyl (C=O) groups excluding carboxylic acids is 1. The van der Waals surface area contributed by atoms with E-state index in [1.54, 1.807) is 0 Å². The summed E-state index contributed by atoms with van der Waals surface area (Å²) in [6.45, 7) is -0.0137. The number of halogens is 4. The predicted molar refractivity (Wildman–Crippen MR) is 75.7 cm³/mol. The Kier molecular flexibility index (Phi) is 6.09. The standard InChI is InChI=1S/C10H9Cl2F2NO4S2/c1-20(17)3-2-15-10(16)5-4-6(13)8(14)9(7(5)11)21(12,18)19/h4H,2-3H2,1H3,(H,15,16). The zero-order valence-electron chi connectivity index (χ0n) is 10.5. The average Bonchev–Trinajstić information content (AvgIpc) is 2.31. The van der Waals surface area contributed by atoms with Crippen LogP contribution in [0.3, 0.4) is 0 Å². The topological polar surface area (TPSA) is 80.3 Å². The molecule has 0 saturated carbocycles. The van der Waals surface area contributed by atoms with E-state index in [1.165, 1.54) is 6.26 Å². The van der Waals surface area contributed by atoms with Crippen molar-refractivity contribution < 1.29 is 26.2 Å². The van der Waals surface area contributed by atoms with Crippen LogP contribution in [-0.2, 0) is 19.9 Å². The lowest BCUT2D eigenvalue weighted by Crippen LogP contribution is -2.28. The molecule has 0 aliphatic rings. The maximum atomic E-state index is 13.5. The molecule has 0 fully saturated rings. The van der Waals surface area contributed by atoms with E-state index in [4.69, 9.17) is 22.3 Å². The molecule has 0 radical (unpaired) electrons. The summed E-state index contributed by atoms with van der Waals surface area (Å²) in [5.74, 6) is -4.15. The van der Waals surface area contributed by atoms with E-state index in [0.29, 0.717) is 6.07 Å². The third-order valence-electron chi connectivity index (χ3n) is 2.28. The molecule has 5 nitrogen and oxygen atoms in total. The molecular formula is C10H9Cl2F2NO4S2. The zero-order valence-corrected chi connectivity index (χ0v) is 13.6. The molecule has 1 atom stereocenters. The van der Waals surface area contributed by atoms with Crippen LogP contribution < -0.4 is 5.32 Å². The predicted octanol–water partition coefficient (Wildman–Crippen LogP) is 1.65. The summed E-state index contributed by atoms with van der Waals surface area (Å²) in [5.41, 5.74) is -0.586. The molecule has 0 heterocycles. The minimum atomic E-state index is -4.68. The summed E-state index contributed by atoms with van der Waals surface area (Å²) in [5, 5.41) is 1.43. The van der Waals surface area contributed by atoms with Crippen molar-refractivity contribution in [1.29, 1.82) is 0 Å². The van der Waals surface area contributed by atoms with Crippen LogP contribution in [0.15, 0.2) is 11.0 Å². The van der Waals surface area contributed by atoms with Gasteiger partial charge in [-0.3, -0.25) is 9.00 Å². The lowest BCUT2D eigenvalue weighted by molar-refractivity contribution is 0.0955. The monoisotopic (exact) mass is 379 g/mol. The lowest BCUT2D eigenvalue weighted by atomic mass is 10.2. The van der Waals surface area contributed by atoms with Gasteiger partial charge in [0.15, 0.2) is 11.6 Å². The molecule has 11 heteroatoms. The summed E-state index contributed by atoms with van der Waals surface area (Å²) < 4.78 is 60.1. The molecule has 1 unspecified atom stereocenters. The van der Waals surface area contributed by atoms with Gasteiger partial charge in [0.05, 0.1) is 10.6 Å². The molecule has 21 heavy (non-hydrogen) atoms. The highest BCUT2D eigenvalue weighted by Gasteiger charge is 2.28. The van der Waals surface area contributed by atoms with Crippen LogP contribution in [-0.4, -0.2) is 37.1 Å². The summed E-state index contributed by atoms with van der Waals surface area (Å²) in [6.07, 6.45) is 1.41. The van der Waals surface area contributed by atoms with Crippen LogP contribution >= 0.6 is 22.3 Å². The molecule has 0 spiro atoms. The van der Waals surface area contributed by atoms with Crippen molar-refractivity contribution >= 4 is 48.0 Å². The third kappa shape index (κ3) is 4.60. The van der Waals surface area contributed by atoms with Gasteiger partial charge in [-0.2, -0.15) is 0 Å². The molecule has 0 aromatic heterocycles. The first-order chi connectivity index (χ1) is 9.55. The quantitative estimate of drug-likeness (QED) is 0.622. The smallest absolute Gasteiger partial charge is 0.265 e. The van der Waals surface area contributed by atoms with E-state index in [1.807, 2.05) is 0 Å². The molecule has 0 aliphatic carbocycles. The van der Waals surface area contributed by atoms with Gasteiger partial charge in [-0.25, -0.2) is 17.2 Å². The molecule has 0 bridgehead atoms. The fourth-order valence-corrected chi connectivity index (χ4v) is 3.47. The largest absolute Gasteiger partial charge is 0.351 e. The average molecular weight is 380 g/mol. The number of hydrogen-bond donors (Lipinski definition) is 1. The number of nitrogens with one attached hydrogen (secondary N) is 1. The maximum absolute atomic E-state index is 13.5. The molecule has 1 rings (SSSR count). The molecule has 0 saturated heterocycles. The van der Waals surface area contributed by atoms with Gasteiger partial charge >= 0.3 is 0 Å². The fraction of sp³-hybridized carbons (Fsp3) is 0.300. The van der Waals surface area contributed by atoms with Crippen molar-refractivity contribution in [2.45, 2.75) is 4.90 Å². The number of hydrogen-bond acceptors (Lipinski definition) is 4. The van der Waals surface area contributed by atoms with Crippen molar-refractivity contribution in [2.24, 2.45) is 0 Å². The maximum Gasteiger partial charge on any atom is 0.265 e. The molecule has 1 aromatic rings. The lowest BCUT2D eigenvalue weighted by Gasteiger charge is -2.10. The highest BCUT2D eigenvalue weighted by Crippen LogP contribution is 2.32. The van der Waals surface area contributed by atoms with Crippen molar-refractivity contribution in [3.63, 3.8) is 0 Å². The Morgan fingerprint density at radius 1 is 1.43 bits per heavy atom. The van der Waals surface area contributed by atoms with Crippen molar-refractivity contribution in [3.05, 3.63) is 28.3 Å². The van der Waals surface area contributed by atoms with E-state index in [-0.39, 0.29) is 12.3 Å². The van der Waals surface area contributed by atoms with Crippen molar-refractivity contribution in [1.82, 2.24) is 5.32 Å². The Hall–Kier alpha value is -0.770. The van der Waals surface area contributed by atoms with E-state index in [9.17, 15) is 26.2 Å². The minimum Gasteiger partial charge on any atom is -0.351 e. The van der Waals surface area contributed by atoms with E-state index in [0.717, 1.165) is 0 Å². The third-order valence-corrected chi connectivity index (χ3v) is 4.90. The van der Waals surface area contributed by atoms with Gasteiger partial charge in [-0.1, -0.05) is 11.6 Å². The summed E-state index contributed by atoms with van der Waals surface area (Å²) in [6, 6.07) is 0.460. The Morgan fingerprint density at radius 2 is 2.00 bits per heavy atom. The fourth-order valence-electron chi connectivity index (χ4n) is 1.36. The number of amides is 1. The number of benzene rings is 1. The normalized spacial score (nSPS) is 13.0. The summed E-state index contributed by atoms with van der Waals surface area (Å²) in [4.78, 5) is 10.5. The summed E-state index contributed by atoms with van der Waals surface area (Å²) >= 11 is 5.62. The highest BCUT2D eigenvalue weighted by molar-refractivity contribution is 8.13. The van der Waals surface area contributed by atoms with Crippen LogP contribution in [0.4, 0.5) is 8.78 Å². The molecular weight excluding hydrogens is 371 g/mol. The molecule has 1 aromatic carbocycles. The van der Waals surface area contributed by atoms with Crippen molar-refractivity contribution in [3.8, 4) is 0 Å². The van der Waals surface area contributed by atoms with Gasteiger partial charge < -0.3 is 5.32 Å². The van der Waals surface area contributed by atoms with Gasteiger partial charge in [0.2, 0.25) is 0 Å². The second kappa shape index (κ2) is 6.99. The van der Waals surface area contributed by atoms with Gasteiger partial charge in [-0.05, 0) is 6.07 Å². The zero-order chi connectivity index (χ0) is 16.4. The van der Waals surface area contributed by atoms with Crippen LogP contribution in [0.1, 0.15) is 10.4 Å².